The normalized spacial score (nSPS) is 10.1. The minimum absolute atomic E-state index is 0.0445. The van der Waals surface area contributed by atoms with Gasteiger partial charge in [-0.15, -0.1) is 0 Å². The lowest BCUT2D eigenvalue weighted by atomic mass is 10.1. The minimum Gasteiger partial charge on any atom is -0.358 e. The van der Waals surface area contributed by atoms with Crippen LogP contribution in [0.2, 0.25) is 0 Å². The number of hydrogen-bond acceptors (Lipinski definition) is 2. The Morgan fingerprint density at radius 3 is 2.62 bits per heavy atom. The van der Waals surface area contributed by atoms with Gasteiger partial charge in [-0.2, -0.15) is 0 Å². The van der Waals surface area contributed by atoms with Crippen LogP contribution in [0.15, 0.2) is 30.3 Å². The molecule has 0 atom stereocenters. The van der Waals surface area contributed by atoms with E-state index in [-0.39, 0.29) is 5.91 Å². The SMILES string of the molecule is CNC(=O)CNCCCCc1ccccc1. The van der Waals surface area contributed by atoms with E-state index >= 15 is 0 Å². The largest absolute Gasteiger partial charge is 0.358 e. The molecule has 0 saturated carbocycles. The van der Waals surface area contributed by atoms with Crippen molar-refractivity contribution < 1.29 is 4.79 Å². The number of amides is 1. The molecular weight excluding hydrogens is 200 g/mol. The van der Waals surface area contributed by atoms with E-state index in [0.717, 1.165) is 25.8 Å². The molecular formula is C13H20N2O. The summed E-state index contributed by atoms with van der Waals surface area (Å²) in [6, 6.07) is 10.5. The second kappa shape index (κ2) is 7.88. The van der Waals surface area contributed by atoms with Gasteiger partial charge in [-0.1, -0.05) is 30.3 Å². The van der Waals surface area contributed by atoms with Gasteiger partial charge in [0.25, 0.3) is 0 Å². The number of likely N-dealkylation sites (N-methyl/N-ethyl adjacent to an activating group) is 1. The molecule has 88 valence electrons. The first-order valence-corrected chi connectivity index (χ1v) is 5.78. The van der Waals surface area contributed by atoms with Crippen LogP contribution in [0.5, 0.6) is 0 Å². The number of benzene rings is 1. The summed E-state index contributed by atoms with van der Waals surface area (Å²) in [5, 5.41) is 5.69. The average Bonchev–Trinajstić information content (AvgIpc) is 2.34. The molecule has 0 aliphatic carbocycles. The second-order valence-electron chi connectivity index (χ2n) is 3.79. The Labute approximate surface area is 97.2 Å². The number of rotatable bonds is 7. The number of carbonyl (C=O) groups is 1. The lowest BCUT2D eigenvalue weighted by Crippen LogP contribution is -2.31. The van der Waals surface area contributed by atoms with Crippen LogP contribution in [-0.2, 0) is 11.2 Å². The Balaban J connectivity index is 1.98. The molecule has 0 heterocycles. The summed E-state index contributed by atoms with van der Waals surface area (Å²) in [5.41, 5.74) is 1.38. The number of carbonyl (C=O) groups excluding carboxylic acids is 1. The maximum absolute atomic E-state index is 10.9. The lowest BCUT2D eigenvalue weighted by molar-refractivity contribution is -0.119. The fraction of sp³-hybridized carbons (Fsp3) is 0.462. The molecule has 0 spiro atoms. The monoisotopic (exact) mass is 220 g/mol. The first-order chi connectivity index (χ1) is 7.83. The molecule has 0 unspecified atom stereocenters. The molecule has 1 aromatic rings. The van der Waals surface area contributed by atoms with Crippen LogP contribution < -0.4 is 10.6 Å². The standard InChI is InChI=1S/C13H20N2O/c1-14-13(16)11-15-10-6-5-9-12-7-3-2-4-8-12/h2-4,7-8,15H,5-6,9-11H2,1H3,(H,14,16). The number of hydrogen-bond donors (Lipinski definition) is 2. The van der Waals surface area contributed by atoms with Crippen LogP contribution in [0, 0.1) is 0 Å². The van der Waals surface area contributed by atoms with E-state index < -0.39 is 0 Å². The first kappa shape index (κ1) is 12.7. The van der Waals surface area contributed by atoms with Crippen molar-refractivity contribution in [2.45, 2.75) is 19.3 Å². The summed E-state index contributed by atoms with van der Waals surface area (Å²) < 4.78 is 0. The third kappa shape index (κ3) is 5.51. The van der Waals surface area contributed by atoms with Gasteiger partial charge in [0.2, 0.25) is 5.91 Å². The molecule has 0 saturated heterocycles. The van der Waals surface area contributed by atoms with E-state index in [1.165, 1.54) is 5.56 Å². The summed E-state index contributed by atoms with van der Waals surface area (Å²) in [4.78, 5) is 10.9. The molecule has 0 radical (unpaired) electrons. The van der Waals surface area contributed by atoms with E-state index in [0.29, 0.717) is 6.54 Å². The molecule has 1 aromatic carbocycles. The molecule has 0 bridgehead atoms. The highest BCUT2D eigenvalue weighted by Gasteiger charge is 1.96. The predicted molar refractivity (Wildman–Crippen MR) is 66.3 cm³/mol. The Morgan fingerprint density at radius 1 is 1.19 bits per heavy atom. The van der Waals surface area contributed by atoms with Crippen molar-refractivity contribution in [3.8, 4) is 0 Å². The lowest BCUT2D eigenvalue weighted by Gasteiger charge is -2.04. The molecule has 1 rings (SSSR count). The van der Waals surface area contributed by atoms with Crippen LogP contribution in [0.1, 0.15) is 18.4 Å². The van der Waals surface area contributed by atoms with Crippen molar-refractivity contribution in [1.82, 2.24) is 10.6 Å². The zero-order chi connectivity index (χ0) is 11.6. The Kier molecular flexibility index (Phi) is 6.26. The van der Waals surface area contributed by atoms with Gasteiger partial charge in [-0.25, -0.2) is 0 Å². The van der Waals surface area contributed by atoms with Crippen LogP contribution in [-0.4, -0.2) is 26.0 Å². The summed E-state index contributed by atoms with van der Waals surface area (Å²) in [6.07, 6.45) is 3.37. The van der Waals surface area contributed by atoms with E-state index in [9.17, 15) is 4.79 Å². The van der Waals surface area contributed by atoms with E-state index in [2.05, 4.69) is 34.9 Å². The van der Waals surface area contributed by atoms with Gasteiger partial charge in [0.15, 0.2) is 0 Å². The summed E-state index contributed by atoms with van der Waals surface area (Å²) in [5.74, 6) is 0.0445. The van der Waals surface area contributed by atoms with Crippen LogP contribution >= 0.6 is 0 Å². The molecule has 3 heteroatoms. The van der Waals surface area contributed by atoms with Gasteiger partial charge >= 0.3 is 0 Å². The Hall–Kier alpha value is -1.35. The Morgan fingerprint density at radius 2 is 1.94 bits per heavy atom. The third-order valence-corrected chi connectivity index (χ3v) is 2.48. The van der Waals surface area contributed by atoms with Crippen LogP contribution in [0.25, 0.3) is 0 Å². The highest BCUT2D eigenvalue weighted by molar-refractivity contribution is 5.77. The third-order valence-electron chi connectivity index (χ3n) is 2.48. The molecule has 16 heavy (non-hydrogen) atoms. The first-order valence-electron chi connectivity index (χ1n) is 5.78. The van der Waals surface area contributed by atoms with Crippen molar-refractivity contribution in [2.24, 2.45) is 0 Å². The summed E-state index contributed by atoms with van der Waals surface area (Å²) >= 11 is 0. The zero-order valence-electron chi connectivity index (χ0n) is 9.83. The molecule has 0 fully saturated rings. The molecule has 0 aliphatic rings. The smallest absolute Gasteiger partial charge is 0.233 e. The number of nitrogens with one attached hydrogen (secondary N) is 2. The fourth-order valence-electron chi connectivity index (χ4n) is 1.51. The maximum Gasteiger partial charge on any atom is 0.233 e. The van der Waals surface area contributed by atoms with Gasteiger partial charge in [0, 0.05) is 7.05 Å². The maximum atomic E-state index is 10.9. The molecule has 0 aromatic heterocycles. The van der Waals surface area contributed by atoms with Crippen molar-refractivity contribution in [2.75, 3.05) is 20.1 Å². The summed E-state index contributed by atoms with van der Waals surface area (Å²) in [6.45, 7) is 1.32. The molecule has 0 aliphatic heterocycles. The zero-order valence-corrected chi connectivity index (χ0v) is 9.83. The van der Waals surface area contributed by atoms with Crippen LogP contribution in [0.3, 0.4) is 0 Å². The van der Waals surface area contributed by atoms with E-state index in [1.807, 2.05) is 6.07 Å². The molecule has 3 nitrogen and oxygen atoms in total. The predicted octanol–water partition coefficient (Wildman–Crippen LogP) is 1.34. The van der Waals surface area contributed by atoms with E-state index in [1.54, 1.807) is 7.05 Å². The molecule has 1 amide bonds. The van der Waals surface area contributed by atoms with Gasteiger partial charge in [-0.05, 0) is 31.4 Å². The number of unbranched alkanes of at least 4 members (excludes halogenated alkanes) is 1. The van der Waals surface area contributed by atoms with Gasteiger partial charge < -0.3 is 10.6 Å². The minimum atomic E-state index is 0.0445. The Bertz CT molecular complexity index is 298. The average molecular weight is 220 g/mol. The topological polar surface area (TPSA) is 41.1 Å². The van der Waals surface area contributed by atoms with Crippen molar-refractivity contribution in [3.05, 3.63) is 35.9 Å². The van der Waals surface area contributed by atoms with E-state index in [4.69, 9.17) is 0 Å². The van der Waals surface area contributed by atoms with Gasteiger partial charge in [0.1, 0.15) is 0 Å². The fourth-order valence-corrected chi connectivity index (χ4v) is 1.51. The van der Waals surface area contributed by atoms with Crippen molar-refractivity contribution in [3.63, 3.8) is 0 Å². The number of aryl methyl sites for hydroxylation is 1. The van der Waals surface area contributed by atoms with Crippen molar-refractivity contribution in [1.29, 1.82) is 0 Å². The molecule has 2 N–H and O–H groups in total. The highest BCUT2D eigenvalue weighted by atomic mass is 16.1. The van der Waals surface area contributed by atoms with Crippen molar-refractivity contribution >= 4 is 5.91 Å². The second-order valence-corrected chi connectivity index (χ2v) is 3.79. The summed E-state index contributed by atoms with van der Waals surface area (Å²) in [7, 11) is 1.65. The quantitative estimate of drug-likeness (QED) is 0.681. The highest BCUT2D eigenvalue weighted by Crippen LogP contribution is 2.03. The van der Waals surface area contributed by atoms with Gasteiger partial charge in [-0.3, -0.25) is 4.79 Å². The van der Waals surface area contributed by atoms with Crippen LogP contribution in [0.4, 0.5) is 0 Å². The van der Waals surface area contributed by atoms with Gasteiger partial charge in [0.05, 0.1) is 6.54 Å².